The van der Waals surface area contributed by atoms with Gasteiger partial charge in [-0.3, -0.25) is 4.68 Å². The second kappa shape index (κ2) is 10.1. The third kappa shape index (κ3) is 5.28. The SMILES string of the molecule is Cc1ccc(-c2c(-c3ccccc3)nn(C[C@H]3CC[C@@H](COCC(=O)O)CC3)c2C)cc1. The van der Waals surface area contributed by atoms with E-state index in [0.717, 1.165) is 43.5 Å². The van der Waals surface area contributed by atoms with Crippen molar-refractivity contribution in [2.24, 2.45) is 11.8 Å². The topological polar surface area (TPSA) is 64.4 Å². The van der Waals surface area contributed by atoms with Gasteiger partial charge in [0, 0.05) is 23.4 Å². The number of aromatic nitrogens is 2. The molecule has 0 unspecified atom stereocenters. The van der Waals surface area contributed by atoms with Crippen LogP contribution in [0.3, 0.4) is 0 Å². The van der Waals surface area contributed by atoms with Crippen LogP contribution in [0.4, 0.5) is 0 Å². The third-order valence-corrected chi connectivity index (χ3v) is 6.57. The molecule has 1 fully saturated rings. The second-order valence-electron chi connectivity index (χ2n) is 9.02. The molecule has 5 heteroatoms. The average Bonchev–Trinajstić information content (AvgIpc) is 3.12. The highest BCUT2D eigenvalue weighted by atomic mass is 16.5. The van der Waals surface area contributed by atoms with Crippen molar-refractivity contribution in [2.75, 3.05) is 13.2 Å². The number of carboxylic acid groups (broad SMARTS) is 1. The summed E-state index contributed by atoms with van der Waals surface area (Å²) < 4.78 is 7.51. The molecule has 0 spiro atoms. The standard InChI is InChI=1S/C27H32N2O3/c1-19-8-14-23(15-9-19)26-20(2)29(28-27(26)24-6-4-3-5-7-24)16-21-10-12-22(13-11-21)17-32-18-25(30)31/h3-9,14-15,21-22H,10-13,16-18H2,1-2H3,(H,30,31)/t21-,22+. The summed E-state index contributed by atoms with van der Waals surface area (Å²) in [4.78, 5) is 10.6. The predicted molar refractivity (Wildman–Crippen MR) is 126 cm³/mol. The van der Waals surface area contributed by atoms with E-state index in [1.807, 2.05) is 6.07 Å². The molecular formula is C27H32N2O3. The molecule has 0 radical (unpaired) electrons. The number of hydrogen-bond acceptors (Lipinski definition) is 3. The van der Waals surface area contributed by atoms with Gasteiger partial charge >= 0.3 is 5.97 Å². The highest BCUT2D eigenvalue weighted by Gasteiger charge is 2.24. The Bertz CT molecular complexity index is 1030. The summed E-state index contributed by atoms with van der Waals surface area (Å²) in [7, 11) is 0. The number of benzene rings is 2. The Morgan fingerprint density at radius 2 is 1.62 bits per heavy atom. The Balaban J connectivity index is 1.51. The van der Waals surface area contributed by atoms with E-state index in [-0.39, 0.29) is 6.61 Å². The maximum absolute atomic E-state index is 10.6. The second-order valence-corrected chi connectivity index (χ2v) is 9.02. The summed E-state index contributed by atoms with van der Waals surface area (Å²) in [6.45, 7) is 5.56. The van der Waals surface area contributed by atoms with Gasteiger partial charge in [-0.05, 0) is 56.9 Å². The van der Waals surface area contributed by atoms with Crippen LogP contribution >= 0.6 is 0 Å². The molecule has 1 aromatic heterocycles. The van der Waals surface area contributed by atoms with Crippen LogP contribution in [0.2, 0.25) is 0 Å². The fraction of sp³-hybridized carbons (Fsp3) is 0.407. The Labute approximate surface area is 190 Å². The van der Waals surface area contributed by atoms with Gasteiger partial charge in [0.2, 0.25) is 0 Å². The summed E-state index contributed by atoms with van der Waals surface area (Å²) in [6, 6.07) is 19.1. The van der Waals surface area contributed by atoms with Crippen molar-refractivity contribution in [3.8, 4) is 22.4 Å². The molecule has 0 atom stereocenters. The first-order chi connectivity index (χ1) is 15.5. The van der Waals surface area contributed by atoms with Crippen LogP contribution in [0.25, 0.3) is 22.4 Å². The van der Waals surface area contributed by atoms with Crippen LogP contribution in [0.5, 0.6) is 0 Å². The van der Waals surface area contributed by atoms with Gasteiger partial charge in [0.25, 0.3) is 0 Å². The lowest BCUT2D eigenvalue weighted by Gasteiger charge is -2.28. The molecule has 2 aromatic carbocycles. The lowest BCUT2D eigenvalue weighted by Crippen LogP contribution is -2.23. The first kappa shape index (κ1) is 22.3. The van der Waals surface area contributed by atoms with Crippen LogP contribution in [0.1, 0.15) is 36.9 Å². The van der Waals surface area contributed by atoms with E-state index in [0.29, 0.717) is 18.4 Å². The molecule has 0 bridgehead atoms. The summed E-state index contributed by atoms with van der Waals surface area (Å²) >= 11 is 0. The summed E-state index contributed by atoms with van der Waals surface area (Å²) in [5.41, 5.74) is 7.07. The Morgan fingerprint density at radius 3 is 2.28 bits per heavy atom. The zero-order valence-electron chi connectivity index (χ0n) is 19.0. The number of hydrogen-bond donors (Lipinski definition) is 1. The maximum Gasteiger partial charge on any atom is 0.329 e. The van der Waals surface area contributed by atoms with Gasteiger partial charge in [0.15, 0.2) is 0 Å². The fourth-order valence-electron chi connectivity index (χ4n) is 4.73. The number of rotatable bonds is 8. The minimum atomic E-state index is -0.897. The molecule has 0 amide bonds. The first-order valence-corrected chi connectivity index (χ1v) is 11.5. The average molecular weight is 433 g/mol. The van der Waals surface area contributed by atoms with E-state index in [1.165, 1.54) is 22.4 Å². The van der Waals surface area contributed by atoms with Gasteiger partial charge in [-0.2, -0.15) is 5.10 Å². The van der Waals surface area contributed by atoms with Gasteiger partial charge in [-0.25, -0.2) is 4.79 Å². The molecule has 1 N–H and O–H groups in total. The normalized spacial score (nSPS) is 18.6. The Morgan fingerprint density at radius 1 is 0.969 bits per heavy atom. The molecule has 3 aromatic rings. The quantitative estimate of drug-likeness (QED) is 0.493. The molecule has 5 nitrogen and oxygen atoms in total. The third-order valence-electron chi connectivity index (χ3n) is 6.57. The van der Waals surface area contributed by atoms with E-state index in [1.54, 1.807) is 0 Å². The summed E-state index contributed by atoms with van der Waals surface area (Å²) in [5, 5.41) is 13.8. The van der Waals surface area contributed by atoms with Crippen molar-refractivity contribution in [2.45, 2.75) is 46.1 Å². The van der Waals surface area contributed by atoms with Crippen molar-refractivity contribution in [3.63, 3.8) is 0 Å². The molecule has 32 heavy (non-hydrogen) atoms. The minimum Gasteiger partial charge on any atom is -0.480 e. The molecule has 168 valence electrons. The molecule has 1 aliphatic carbocycles. The van der Waals surface area contributed by atoms with E-state index >= 15 is 0 Å². The Kier molecular flexibility index (Phi) is 7.05. The van der Waals surface area contributed by atoms with Crippen LogP contribution in [0.15, 0.2) is 54.6 Å². The number of carboxylic acids is 1. The number of carbonyl (C=O) groups is 1. The smallest absolute Gasteiger partial charge is 0.329 e. The fourth-order valence-corrected chi connectivity index (χ4v) is 4.73. The van der Waals surface area contributed by atoms with Gasteiger partial charge in [-0.15, -0.1) is 0 Å². The highest BCUT2D eigenvalue weighted by Crippen LogP contribution is 2.36. The monoisotopic (exact) mass is 432 g/mol. The molecule has 1 saturated carbocycles. The predicted octanol–water partition coefficient (Wildman–Crippen LogP) is 5.74. The first-order valence-electron chi connectivity index (χ1n) is 11.5. The lowest BCUT2D eigenvalue weighted by atomic mass is 9.82. The molecule has 1 aliphatic rings. The molecule has 4 rings (SSSR count). The molecular weight excluding hydrogens is 400 g/mol. The lowest BCUT2D eigenvalue weighted by molar-refractivity contribution is -0.142. The van der Waals surface area contributed by atoms with Crippen LogP contribution in [-0.4, -0.2) is 34.1 Å². The van der Waals surface area contributed by atoms with Crippen molar-refractivity contribution < 1.29 is 14.6 Å². The Hall–Kier alpha value is -2.92. The van der Waals surface area contributed by atoms with Crippen LogP contribution in [-0.2, 0) is 16.1 Å². The van der Waals surface area contributed by atoms with E-state index in [9.17, 15) is 4.79 Å². The number of ether oxygens (including phenoxy) is 1. The van der Waals surface area contributed by atoms with Crippen LogP contribution in [0, 0.1) is 25.7 Å². The van der Waals surface area contributed by atoms with Crippen molar-refractivity contribution in [3.05, 3.63) is 65.9 Å². The van der Waals surface area contributed by atoms with E-state index < -0.39 is 5.97 Å². The van der Waals surface area contributed by atoms with Crippen molar-refractivity contribution >= 4 is 5.97 Å². The number of nitrogens with zero attached hydrogens (tertiary/aromatic N) is 2. The largest absolute Gasteiger partial charge is 0.480 e. The molecule has 0 aliphatic heterocycles. The van der Waals surface area contributed by atoms with Gasteiger partial charge in [0.05, 0.1) is 6.61 Å². The van der Waals surface area contributed by atoms with E-state index in [4.69, 9.17) is 14.9 Å². The van der Waals surface area contributed by atoms with Gasteiger partial charge in [0.1, 0.15) is 12.3 Å². The van der Waals surface area contributed by atoms with E-state index in [2.05, 4.69) is 67.1 Å². The van der Waals surface area contributed by atoms with Gasteiger partial charge in [-0.1, -0.05) is 60.2 Å². The van der Waals surface area contributed by atoms with Crippen molar-refractivity contribution in [1.82, 2.24) is 9.78 Å². The molecule has 1 heterocycles. The zero-order valence-corrected chi connectivity index (χ0v) is 19.0. The number of aryl methyl sites for hydroxylation is 1. The van der Waals surface area contributed by atoms with Gasteiger partial charge < -0.3 is 9.84 Å². The summed E-state index contributed by atoms with van der Waals surface area (Å²) in [6.07, 6.45) is 4.42. The van der Waals surface area contributed by atoms with Crippen LogP contribution < -0.4 is 0 Å². The zero-order chi connectivity index (χ0) is 22.5. The molecule has 0 saturated heterocycles. The summed E-state index contributed by atoms with van der Waals surface area (Å²) in [5.74, 6) is 0.151. The maximum atomic E-state index is 10.6. The van der Waals surface area contributed by atoms with Crippen molar-refractivity contribution in [1.29, 1.82) is 0 Å². The minimum absolute atomic E-state index is 0.198. The number of aliphatic carboxylic acids is 1. The highest BCUT2D eigenvalue weighted by molar-refractivity contribution is 5.82.